The van der Waals surface area contributed by atoms with Crippen LogP contribution in [0.1, 0.15) is 63.7 Å². The number of halogens is 2. The Morgan fingerprint density at radius 3 is 2.53 bits per heavy atom. The Bertz CT molecular complexity index is 1010. The zero-order chi connectivity index (χ0) is 22.6. The lowest BCUT2D eigenvalue weighted by molar-refractivity contribution is -0.0219. The molecule has 2 aromatic rings. The van der Waals surface area contributed by atoms with Crippen LogP contribution in [0.15, 0.2) is 22.7 Å². The molecular formula is C24H28Cl2N2O4. The van der Waals surface area contributed by atoms with Crippen LogP contribution in [0.3, 0.4) is 0 Å². The van der Waals surface area contributed by atoms with Crippen molar-refractivity contribution < 1.29 is 18.8 Å². The van der Waals surface area contributed by atoms with Crippen LogP contribution >= 0.6 is 23.2 Å². The van der Waals surface area contributed by atoms with Gasteiger partial charge in [-0.1, -0.05) is 34.4 Å². The normalized spacial score (nSPS) is 24.9. The summed E-state index contributed by atoms with van der Waals surface area (Å²) in [7, 11) is 0. The molecule has 0 N–H and O–H groups in total. The molecular weight excluding hydrogens is 451 g/mol. The topological polar surface area (TPSA) is 64.8 Å². The standard InChI is InChI=1S/C24H28Cl2N2O4/c1-24(2,3)31-23(29)28-11-14-9-15(28)10-19(14)30-12-16-21(27-32-22(16)13-7-8-13)20-17(25)5-4-6-18(20)26/h4-6,13-15,19H,7-12H2,1-3H3. The lowest BCUT2D eigenvalue weighted by atomic mass is 10.0. The molecule has 2 aliphatic carbocycles. The van der Waals surface area contributed by atoms with Crippen molar-refractivity contribution >= 4 is 29.3 Å². The van der Waals surface area contributed by atoms with Gasteiger partial charge in [-0.15, -0.1) is 0 Å². The Balaban J connectivity index is 1.30. The van der Waals surface area contributed by atoms with E-state index in [4.69, 9.17) is 37.2 Å². The highest BCUT2D eigenvalue weighted by atomic mass is 35.5. The molecule has 3 fully saturated rings. The van der Waals surface area contributed by atoms with Gasteiger partial charge in [-0.05, 0) is 58.6 Å². The second kappa shape index (κ2) is 8.23. The van der Waals surface area contributed by atoms with Gasteiger partial charge in [-0.3, -0.25) is 0 Å². The first-order valence-corrected chi connectivity index (χ1v) is 12.0. The molecule has 1 aromatic carbocycles. The zero-order valence-corrected chi connectivity index (χ0v) is 20.1. The van der Waals surface area contributed by atoms with Gasteiger partial charge in [-0.2, -0.15) is 0 Å². The second-order valence-electron chi connectivity index (χ2n) is 10.1. The lowest BCUT2D eigenvalue weighted by Gasteiger charge is -2.33. The molecule has 6 nitrogen and oxygen atoms in total. The van der Waals surface area contributed by atoms with Crippen molar-refractivity contribution in [3.05, 3.63) is 39.6 Å². The van der Waals surface area contributed by atoms with Crippen molar-refractivity contribution in [2.75, 3.05) is 6.54 Å². The molecule has 3 atom stereocenters. The van der Waals surface area contributed by atoms with Gasteiger partial charge < -0.3 is 18.9 Å². The fourth-order valence-corrected chi connectivity index (χ4v) is 5.47. The van der Waals surface area contributed by atoms with Crippen molar-refractivity contribution in [3.8, 4) is 11.3 Å². The maximum Gasteiger partial charge on any atom is 0.410 e. The Morgan fingerprint density at radius 2 is 1.94 bits per heavy atom. The van der Waals surface area contributed by atoms with Gasteiger partial charge in [0, 0.05) is 35.5 Å². The molecule has 32 heavy (non-hydrogen) atoms. The number of amides is 1. The zero-order valence-electron chi connectivity index (χ0n) is 18.6. The first-order valence-electron chi connectivity index (χ1n) is 11.3. The van der Waals surface area contributed by atoms with E-state index in [1.165, 1.54) is 0 Å². The quantitative estimate of drug-likeness (QED) is 0.494. The van der Waals surface area contributed by atoms with E-state index in [1.807, 2.05) is 31.7 Å². The third kappa shape index (κ3) is 4.25. The van der Waals surface area contributed by atoms with Gasteiger partial charge in [-0.25, -0.2) is 4.79 Å². The monoisotopic (exact) mass is 478 g/mol. The molecule has 172 valence electrons. The number of aromatic nitrogens is 1. The van der Waals surface area contributed by atoms with E-state index >= 15 is 0 Å². The van der Waals surface area contributed by atoms with Crippen molar-refractivity contribution in [2.24, 2.45) is 5.92 Å². The number of piperidine rings is 1. The van der Waals surface area contributed by atoms with Gasteiger partial charge in [0.15, 0.2) is 0 Å². The summed E-state index contributed by atoms with van der Waals surface area (Å²) >= 11 is 12.9. The van der Waals surface area contributed by atoms with Crippen molar-refractivity contribution in [3.63, 3.8) is 0 Å². The number of rotatable bonds is 5. The molecule has 1 aliphatic heterocycles. The fourth-order valence-electron chi connectivity index (χ4n) is 4.89. The van der Waals surface area contributed by atoms with E-state index < -0.39 is 5.60 Å². The van der Waals surface area contributed by atoms with Gasteiger partial charge >= 0.3 is 6.09 Å². The van der Waals surface area contributed by atoms with Gasteiger partial charge in [0.25, 0.3) is 0 Å². The van der Waals surface area contributed by atoms with E-state index in [2.05, 4.69) is 5.16 Å². The van der Waals surface area contributed by atoms with E-state index in [0.717, 1.165) is 37.0 Å². The summed E-state index contributed by atoms with van der Waals surface area (Å²) in [6.45, 7) is 6.75. The summed E-state index contributed by atoms with van der Waals surface area (Å²) in [4.78, 5) is 14.4. The molecule has 3 aliphatic rings. The molecule has 3 unspecified atom stereocenters. The molecule has 1 saturated heterocycles. The average Bonchev–Trinajstić information content (AvgIpc) is 3.16. The average molecular weight is 479 g/mol. The largest absolute Gasteiger partial charge is 0.444 e. The molecule has 0 radical (unpaired) electrons. The summed E-state index contributed by atoms with van der Waals surface area (Å²) in [6.07, 6.45) is 3.82. The van der Waals surface area contributed by atoms with E-state index in [-0.39, 0.29) is 18.2 Å². The van der Waals surface area contributed by atoms with Crippen LogP contribution in [0.4, 0.5) is 4.79 Å². The molecule has 8 heteroatoms. The Kier molecular flexibility index (Phi) is 5.67. The highest BCUT2D eigenvalue weighted by molar-refractivity contribution is 6.39. The number of carbonyl (C=O) groups excluding carboxylic acids is 1. The summed E-state index contributed by atoms with van der Waals surface area (Å²) in [5.41, 5.74) is 1.81. The van der Waals surface area contributed by atoms with Crippen LogP contribution in [-0.2, 0) is 16.1 Å². The number of carbonyl (C=O) groups is 1. The van der Waals surface area contributed by atoms with Crippen LogP contribution in [-0.4, -0.2) is 40.4 Å². The number of benzene rings is 1. The van der Waals surface area contributed by atoms with Crippen LogP contribution in [0, 0.1) is 5.92 Å². The summed E-state index contributed by atoms with van der Waals surface area (Å²) in [5.74, 6) is 1.58. The van der Waals surface area contributed by atoms with Crippen LogP contribution in [0.25, 0.3) is 11.3 Å². The number of nitrogens with zero attached hydrogens (tertiary/aromatic N) is 2. The molecule has 0 spiro atoms. The predicted molar refractivity (Wildman–Crippen MR) is 122 cm³/mol. The SMILES string of the molecule is CC(C)(C)OC(=O)N1CC2CC1CC2OCc1c(-c2c(Cl)cccc2Cl)noc1C1CC1. The van der Waals surface area contributed by atoms with Crippen molar-refractivity contribution in [2.45, 2.75) is 76.7 Å². The minimum atomic E-state index is -0.487. The molecule has 5 rings (SSSR count). The Morgan fingerprint density at radius 1 is 1.22 bits per heavy atom. The van der Waals surface area contributed by atoms with Crippen LogP contribution in [0.5, 0.6) is 0 Å². The third-order valence-electron chi connectivity index (χ3n) is 6.51. The molecule has 1 aromatic heterocycles. The van der Waals surface area contributed by atoms with Gasteiger partial charge in [0.1, 0.15) is 17.1 Å². The number of fused-ring (bicyclic) bond motifs is 2. The molecule has 1 amide bonds. The maximum atomic E-state index is 12.5. The third-order valence-corrected chi connectivity index (χ3v) is 7.14. The number of likely N-dealkylation sites (tertiary alicyclic amines) is 1. The Labute approximate surface area is 198 Å². The lowest BCUT2D eigenvalue weighted by Crippen LogP contribution is -2.44. The second-order valence-corrected chi connectivity index (χ2v) is 10.9. The van der Waals surface area contributed by atoms with Crippen molar-refractivity contribution in [1.82, 2.24) is 10.1 Å². The molecule has 2 heterocycles. The van der Waals surface area contributed by atoms with Crippen LogP contribution in [0.2, 0.25) is 10.0 Å². The van der Waals surface area contributed by atoms with Gasteiger partial charge in [0.2, 0.25) is 0 Å². The minimum absolute atomic E-state index is 0.0928. The summed E-state index contributed by atoms with van der Waals surface area (Å²) < 4.78 is 17.7. The van der Waals surface area contributed by atoms with E-state index in [1.54, 1.807) is 12.1 Å². The first kappa shape index (κ1) is 22.1. The highest BCUT2D eigenvalue weighted by Crippen LogP contribution is 2.47. The molecule has 2 bridgehead atoms. The number of hydrogen-bond donors (Lipinski definition) is 0. The van der Waals surface area contributed by atoms with E-state index in [0.29, 0.717) is 46.3 Å². The number of ether oxygens (including phenoxy) is 2. The van der Waals surface area contributed by atoms with Gasteiger partial charge in [0.05, 0.1) is 22.8 Å². The molecule has 2 saturated carbocycles. The van der Waals surface area contributed by atoms with Crippen molar-refractivity contribution in [1.29, 1.82) is 0 Å². The number of hydrogen-bond acceptors (Lipinski definition) is 5. The maximum absolute atomic E-state index is 12.5. The first-order chi connectivity index (χ1) is 15.2. The highest BCUT2D eigenvalue weighted by Gasteiger charge is 2.48. The van der Waals surface area contributed by atoms with Crippen LogP contribution < -0.4 is 0 Å². The Hall–Kier alpha value is -1.76. The minimum Gasteiger partial charge on any atom is -0.444 e. The summed E-state index contributed by atoms with van der Waals surface area (Å²) in [6, 6.07) is 5.60. The fraction of sp³-hybridized carbons (Fsp3) is 0.583. The predicted octanol–water partition coefficient (Wildman–Crippen LogP) is 6.44. The van der Waals surface area contributed by atoms with E-state index in [9.17, 15) is 4.79 Å². The summed E-state index contributed by atoms with van der Waals surface area (Å²) in [5, 5.41) is 5.43. The smallest absolute Gasteiger partial charge is 0.410 e.